The number of hydrogen-bond donors (Lipinski definition) is 2. The predicted octanol–water partition coefficient (Wildman–Crippen LogP) is 0.482. The highest BCUT2D eigenvalue weighted by Crippen LogP contribution is 2.20. The second-order valence-corrected chi connectivity index (χ2v) is 2.81. The van der Waals surface area contributed by atoms with Crippen LogP contribution in [0.2, 0.25) is 5.02 Å². The van der Waals surface area contributed by atoms with Crippen LogP contribution >= 0.6 is 11.6 Å². The van der Waals surface area contributed by atoms with Crippen LogP contribution in [-0.2, 0) is 0 Å². The van der Waals surface area contributed by atoms with Gasteiger partial charge in [0.05, 0.1) is 6.20 Å². The molecule has 0 spiro atoms. The summed E-state index contributed by atoms with van der Waals surface area (Å²) in [5.41, 5.74) is 2.34. The van der Waals surface area contributed by atoms with Crippen molar-refractivity contribution >= 4 is 23.4 Å². The van der Waals surface area contributed by atoms with Gasteiger partial charge in [0.2, 0.25) is 5.95 Å². The molecule has 1 aromatic rings. The van der Waals surface area contributed by atoms with Gasteiger partial charge >= 0.3 is 0 Å². The highest BCUT2D eigenvalue weighted by atomic mass is 35.5. The fraction of sp³-hybridized carbons (Fsp3) is 0.333. The molecular formula is C6H10ClN5. The summed E-state index contributed by atoms with van der Waals surface area (Å²) in [5.74, 6) is 6.12. The van der Waals surface area contributed by atoms with Crippen LogP contribution in [0, 0.1) is 0 Å². The van der Waals surface area contributed by atoms with Crippen molar-refractivity contribution in [3.8, 4) is 0 Å². The van der Waals surface area contributed by atoms with Gasteiger partial charge in [-0.15, -0.1) is 0 Å². The molecule has 0 saturated heterocycles. The third-order valence-corrected chi connectivity index (χ3v) is 1.54. The van der Waals surface area contributed by atoms with Crippen molar-refractivity contribution in [2.75, 3.05) is 24.4 Å². The number of hydrazine groups is 1. The molecule has 1 aromatic heterocycles. The summed E-state index contributed by atoms with van der Waals surface area (Å²) in [6.45, 7) is 0. The summed E-state index contributed by atoms with van der Waals surface area (Å²) in [6.07, 6.45) is 1.50. The molecule has 6 heteroatoms. The number of nitrogens with two attached hydrogens (primary N) is 1. The van der Waals surface area contributed by atoms with Crippen molar-refractivity contribution in [1.82, 2.24) is 9.97 Å². The lowest BCUT2D eigenvalue weighted by Crippen LogP contribution is -2.15. The molecule has 0 aliphatic heterocycles. The van der Waals surface area contributed by atoms with Crippen LogP contribution in [0.1, 0.15) is 0 Å². The minimum atomic E-state index is 0.350. The molecule has 0 amide bonds. The molecule has 66 valence electrons. The Balaban J connectivity index is 3.08. The number of halogens is 1. The molecule has 5 nitrogen and oxygen atoms in total. The van der Waals surface area contributed by atoms with Gasteiger partial charge in [0, 0.05) is 14.1 Å². The van der Waals surface area contributed by atoms with E-state index in [4.69, 9.17) is 17.4 Å². The lowest BCUT2D eigenvalue weighted by Gasteiger charge is -2.12. The molecule has 0 bridgehead atoms. The Hall–Kier alpha value is -1.07. The van der Waals surface area contributed by atoms with Crippen molar-refractivity contribution in [2.45, 2.75) is 0 Å². The largest absolute Gasteiger partial charge is 0.361 e. The monoisotopic (exact) mass is 187 g/mol. The number of anilines is 2. The lowest BCUT2D eigenvalue weighted by atomic mass is 10.5. The van der Waals surface area contributed by atoms with Crippen LogP contribution < -0.4 is 16.2 Å². The zero-order valence-corrected chi connectivity index (χ0v) is 7.63. The molecule has 0 aromatic carbocycles. The van der Waals surface area contributed by atoms with Gasteiger partial charge in [-0.3, -0.25) is 5.43 Å². The fourth-order valence-electron chi connectivity index (χ4n) is 0.741. The Bertz CT molecular complexity index is 275. The van der Waals surface area contributed by atoms with Gasteiger partial charge in [-0.05, 0) is 0 Å². The molecule has 0 saturated carbocycles. The minimum absolute atomic E-state index is 0.350. The molecule has 0 radical (unpaired) electrons. The minimum Gasteiger partial charge on any atom is -0.361 e. The third kappa shape index (κ3) is 1.75. The standard InChI is InChI=1S/C6H10ClN5/c1-12(2)5-4(7)3-9-6(10-5)11-8/h3H,8H2,1-2H3,(H,9,10,11). The smallest absolute Gasteiger partial charge is 0.239 e. The summed E-state index contributed by atoms with van der Waals surface area (Å²) < 4.78 is 0. The molecule has 3 N–H and O–H groups in total. The second-order valence-electron chi connectivity index (χ2n) is 2.40. The first-order chi connectivity index (χ1) is 5.65. The molecule has 0 aliphatic rings. The van der Waals surface area contributed by atoms with E-state index in [-0.39, 0.29) is 0 Å². The van der Waals surface area contributed by atoms with Crippen molar-refractivity contribution in [3.63, 3.8) is 0 Å². The van der Waals surface area contributed by atoms with Crippen LogP contribution in [0.15, 0.2) is 6.20 Å². The summed E-state index contributed by atoms with van der Waals surface area (Å²) in [7, 11) is 3.68. The maximum absolute atomic E-state index is 5.81. The van der Waals surface area contributed by atoms with E-state index >= 15 is 0 Å². The van der Waals surface area contributed by atoms with E-state index < -0.39 is 0 Å². The number of aromatic nitrogens is 2. The summed E-state index contributed by atoms with van der Waals surface area (Å²) in [4.78, 5) is 9.65. The number of hydrogen-bond acceptors (Lipinski definition) is 5. The zero-order chi connectivity index (χ0) is 9.14. The van der Waals surface area contributed by atoms with Gasteiger partial charge in [0.1, 0.15) is 5.02 Å². The second kappa shape index (κ2) is 3.55. The lowest BCUT2D eigenvalue weighted by molar-refractivity contribution is 1.03. The molecule has 12 heavy (non-hydrogen) atoms. The maximum atomic E-state index is 5.81. The van der Waals surface area contributed by atoms with Gasteiger partial charge in [-0.2, -0.15) is 4.98 Å². The van der Waals surface area contributed by atoms with Gasteiger partial charge in [-0.25, -0.2) is 10.8 Å². The first-order valence-electron chi connectivity index (χ1n) is 3.31. The highest BCUT2D eigenvalue weighted by molar-refractivity contribution is 6.32. The van der Waals surface area contributed by atoms with Crippen molar-refractivity contribution in [3.05, 3.63) is 11.2 Å². The van der Waals surface area contributed by atoms with E-state index in [1.807, 2.05) is 14.1 Å². The first kappa shape index (κ1) is 9.02. The highest BCUT2D eigenvalue weighted by Gasteiger charge is 2.05. The van der Waals surface area contributed by atoms with E-state index in [9.17, 15) is 0 Å². The van der Waals surface area contributed by atoms with E-state index in [0.29, 0.717) is 16.8 Å². The van der Waals surface area contributed by atoms with Crippen LogP contribution in [0.5, 0.6) is 0 Å². The Morgan fingerprint density at radius 2 is 2.25 bits per heavy atom. The van der Waals surface area contributed by atoms with E-state index in [2.05, 4.69) is 15.4 Å². The van der Waals surface area contributed by atoms with Crippen LogP contribution in [-0.4, -0.2) is 24.1 Å². The molecule has 0 fully saturated rings. The van der Waals surface area contributed by atoms with Crippen molar-refractivity contribution < 1.29 is 0 Å². The average molecular weight is 188 g/mol. The number of nitrogens with one attached hydrogen (secondary N) is 1. The fourth-order valence-corrected chi connectivity index (χ4v) is 1.00. The van der Waals surface area contributed by atoms with E-state index in [1.165, 1.54) is 6.20 Å². The van der Waals surface area contributed by atoms with E-state index in [0.717, 1.165) is 0 Å². The Labute approximate surface area is 75.5 Å². The molecular weight excluding hydrogens is 178 g/mol. The summed E-state index contributed by atoms with van der Waals surface area (Å²) in [5, 5.41) is 0.499. The number of rotatable bonds is 2. The Kier molecular flexibility index (Phi) is 2.67. The van der Waals surface area contributed by atoms with Crippen LogP contribution in [0.4, 0.5) is 11.8 Å². The van der Waals surface area contributed by atoms with Gasteiger partial charge in [-0.1, -0.05) is 11.6 Å². The quantitative estimate of drug-likeness (QED) is 0.521. The average Bonchev–Trinajstić information content (AvgIpc) is 2.05. The van der Waals surface area contributed by atoms with E-state index in [1.54, 1.807) is 4.90 Å². The number of nitrogen functional groups attached to an aromatic ring is 1. The van der Waals surface area contributed by atoms with Gasteiger partial charge < -0.3 is 4.90 Å². The normalized spacial score (nSPS) is 9.67. The van der Waals surface area contributed by atoms with Gasteiger partial charge in [0.15, 0.2) is 5.82 Å². The number of nitrogens with zero attached hydrogens (tertiary/aromatic N) is 3. The summed E-state index contributed by atoms with van der Waals surface area (Å²) >= 11 is 5.81. The molecule has 1 heterocycles. The van der Waals surface area contributed by atoms with Crippen LogP contribution in [0.3, 0.4) is 0 Å². The molecule has 0 aliphatic carbocycles. The summed E-state index contributed by atoms with van der Waals surface area (Å²) in [6, 6.07) is 0. The Morgan fingerprint density at radius 3 is 2.75 bits per heavy atom. The zero-order valence-electron chi connectivity index (χ0n) is 6.87. The predicted molar refractivity (Wildman–Crippen MR) is 49.2 cm³/mol. The molecule has 0 atom stereocenters. The van der Waals surface area contributed by atoms with Gasteiger partial charge in [0.25, 0.3) is 0 Å². The maximum Gasteiger partial charge on any atom is 0.239 e. The third-order valence-electron chi connectivity index (χ3n) is 1.28. The van der Waals surface area contributed by atoms with Crippen LogP contribution in [0.25, 0.3) is 0 Å². The van der Waals surface area contributed by atoms with Crippen molar-refractivity contribution in [2.24, 2.45) is 5.84 Å². The van der Waals surface area contributed by atoms with Crippen molar-refractivity contribution in [1.29, 1.82) is 0 Å². The first-order valence-corrected chi connectivity index (χ1v) is 3.69. The topological polar surface area (TPSA) is 67.1 Å². The SMILES string of the molecule is CN(C)c1nc(NN)ncc1Cl. The molecule has 0 unspecified atom stereocenters. The molecule has 1 rings (SSSR count). The Morgan fingerprint density at radius 1 is 1.58 bits per heavy atom.